The summed E-state index contributed by atoms with van der Waals surface area (Å²) in [6, 6.07) is 0. The molecule has 1 aromatic heterocycles. The van der Waals surface area contributed by atoms with Gasteiger partial charge in [-0.15, -0.1) is 11.8 Å². The first-order valence-electron chi connectivity index (χ1n) is 2.70. The number of hydrogen-bond acceptors (Lipinski definition) is 2. The fraction of sp³-hybridized carbons (Fsp3) is 0.400. The number of aromatic amines is 1. The number of aromatic nitrogens is 2. The van der Waals surface area contributed by atoms with E-state index in [0.29, 0.717) is 0 Å². The van der Waals surface area contributed by atoms with Crippen LogP contribution in [0.2, 0.25) is 0 Å². The summed E-state index contributed by atoms with van der Waals surface area (Å²) in [5, 5.41) is 5.60. The van der Waals surface area contributed by atoms with Crippen molar-refractivity contribution in [1.29, 1.82) is 0 Å². The zero-order valence-electron chi connectivity index (χ0n) is 5.57. The van der Waals surface area contributed by atoms with Gasteiger partial charge in [0.2, 0.25) is 0 Å². The molecule has 1 rings (SSSR count). The fourth-order valence-electron chi connectivity index (χ4n) is 0.632. The summed E-state index contributed by atoms with van der Waals surface area (Å²) in [6.07, 6.45) is -1.96. The first kappa shape index (κ1) is 8.45. The minimum Gasteiger partial charge on any atom is -0.271 e. The molecule has 0 atom stereocenters. The second-order valence-corrected chi connectivity index (χ2v) is 2.63. The van der Waals surface area contributed by atoms with Crippen LogP contribution in [0.1, 0.15) is 5.56 Å². The Labute approximate surface area is 65.2 Å². The molecule has 0 unspecified atom stereocenters. The highest BCUT2D eigenvalue weighted by atomic mass is 32.2. The third kappa shape index (κ3) is 1.68. The molecule has 1 N–H and O–H groups in total. The quantitative estimate of drug-likeness (QED) is 0.674. The summed E-state index contributed by atoms with van der Waals surface area (Å²) in [5.41, 5.74) is -0.704. The minimum atomic E-state index is -4.30. The SMILES string of the molecule is CSc1[nH]ncc1C(F)(F)F. The van der Waals surface area contributed by atoms with E-state index < -0.39 is 11.7 Å². The Morgan fingerprint density at radius 3 is 2.55 bits per heavy atom. The number of rotatable bonds is 1. The van der Waals surface area contributed by atoms with Crippen molar-refractivity contribution in [2.45, 2.75) is 11.2 Å². The topological polar surface area (TPSA) is 28.7 Å². The van der Waals surface area contributed by atoms with Gasteiger partial charge in [-0.1, -0.05) is 0 Å². The van der Waals surface area contributed by atoms with Crippen LogP contribution < -0.4 is 0 Å². The van der Waals surface area contributed by atoms with Crippen LogP contribution in [0.25, 0.3) is 0 Å². The molecule has 11 heavy (non-hydrogen) atoms. The van der Waals surface area contributed by atoms with E-state index in [4.69, 9.17) is 0 Å². The average molecular weight is 182 g/mol. The van der Waals surface area contributed by atoms with Gasteiger partial charge < -0.3 is 0 Å². The van der Waals surface area contributed by atoms with E-state index in [2.05, 4.69) is 10.2 Å². The molecule has 0 aliphatic carbocycles. The van der Waals surface area contributed by atoms with E-state index in [0.717, 1.165) is 18.0 Å². The third-order valence-corrected chi connectivity index (χ3v) is 1.83. The molecule has 0 radical (unpaired) electrons. The van der Waals surface area contributed by atoms with Crippen molar-refractivity contribution in [3.8, 4) is 0 Å². The Morgan fingerprint density at radius 2 is 2.18 bits per heavy atom. The normalized spacial score (nSPS) is 12.0. The van der Waals surface area contributed by atoms with Crippen LogP contribution in [0.4, 0.5) is 13.2 Å². The predicted molar refractivity (Wildman–Crippen MR) is 35.4 cm³/mol. The Bertz CT molecular complexity index is 242. The zero-order valence-corrected chi connectivity index (χ0v) is 6.38. The smallest absolute Gasteiger partial charge is 0.271 e. The van der Waals surface area contributed by atoms with Gasteiger partial charge >= 0.3 is 6.18 Å². The van der Waals surface area contributed by atoms with Crippen LogP contribution in [0.15, 0.2) is 11.2 Å². The summed E-state index contributed by atoms with van der Waals surface area (Å²) >= 11 is 0.991. The summed E-state index contributed by atoms with van der Waals surface area (Å²) in [5.74, 6) is 0. The Morgan fingerprint density at radius 1 is 1.55 bits per heavy atom. The van der Waals surface area contributed by atoms with Gasteiger partial charge in [0.25, 0.3) is 0 Å². The van der Waals surface area contributed by atoms with Crippen molar-refractivity contribution < 1.29 is 13.2 Å². The van der Waals surface area contributed by atoms with E-state index in [1.165, 1.54) is 0 Å². The number of nitrogens with one attached hydrogen (secondary N) is 1. The maximum absolute atomic E-state index is 12.0. The van der Waals surface area contributed by atoms with Crippen LogP contribution in [0.5, 0.6) is 0 Å². The van der Waals surface area contributed by atoms with Crippen LogP contribution in [-0.2, 0) is 6.18 Å². The summed E-state index contributed by atoms with van der Waals surface area (Å²) < 4.78 is 36.0. The molecular formula is C5H5F3N2S. The van der Waals surface area contributed by atoms with E-state index in [1.807, 2.05) is 0 Å². The van der Waals surface area contributed by atoms with Crippen molar-refractivity contribution >= 4 is 11.8 Å². The predicted octanol–water partition coefficient (Wildman–Crippen LogP) is 2.15. The zero-order chi connectivity index (χ0) is 8.48. The standard InChI is InChI=1S/C5H5F3N2S/c1-11-4-3(2-9-10-4)5(6,7)8/h2H,1H3,(H,9,10). The van der Waals surface area contributed by atoms with Gasteiger partial charge in [0.1, 0.15) is 10.6 Å². The van der Waals surface area contributed by atoms with Gasteiger partial charge in [0.05, 0.1) is 6.20 Å². The van der Waals surface area contributed by atoms with E-state index in [-0.39, 0.29) is 5.03 Å². The number of thioether (sulfide) groups is 1. The van der Waals surface area contributed by atoms with Gasteiger partial charge in [-0.2, -0.15) is 18.3 Å². The molecule has 0 spiro atoms. The van der Waals surface area contributed by atoms with E-state index in [9.17, 15) is 13.2 Å². The second-order valence-electron chi connectivity index (χ2n) is 1.81. The molecule has 2 nitrogen and oxygen atoms in total. The molecule has 6 heteroatoms. The molecule has 62 valence electrons. The van der Waals surface area contributed by atoms with Crippen LogP contribution in [0.3, 0.4) is 0 Å². The van der Waals surface area contributed by atoms with Gasteiger partial charge in [-0.25, -0.2) is 0 Å². The maximum Gasteiger partial charge on any atom is 0.420 e. The number of hydrogen-bond donors (Lipinski definition) is 1. The van der Waals surface area contributed by atoms with Crippen molar-refractivity contribution in [1.82, 2.24) is 10.2 Å². The third-order valence-electron chi connectivity index (χ3n) is 1.11. The molecule has 0 amide bonds. The molecule has 0 aliphatic heterocycles. The Balaban J connectivity index is 3.02. The molecule has 1 aromatic rings. The average Bonchev–Trinajstić information content (AvgIpc) is 2.31. The van der Waals surface area contributed by atoms with Crippen molar-refractivity contribution in [2.75, 3.05) is 6.26 Å². The van der Waals surface area contributed by atoms with Crippen molar-refractivity contribution in [3.63, 3.8) is 0 Å². The first-order chi connectivity index (χ1) is 5.05. The minimum absolute atomic E-state index is 0.0532. The lowest BCUT2D eigenvalue weighted by molar-refractivity contribution is -0.139. The lowest BCUT2D eigenvalue weighted by Gasteiger charge is -2.03. The number of nitrogens with zero attached hydrogens (tertiary/aromatic N) is 1. The molecule has 0 bridgehead atoms. The first-order valence-corrected chi connectivity index (χ1v) is 3.92. The van der Waals surface area contributed by atoms with Gasteiger partial charge in [0.15, 0.2) is 0 Å². The van der Waals surface area contributed by atoms with Crippen molar-refractivity contribution in [3.05, 3.63) is 11.8 Å². The van der Waals surface area contributed by atoms with E-state index >= 15 is 0 Å². The monoisotopic (exact) mass is 182 g/mol. The number of H-pyrrole nitrogens is 1. The summed E-state index contributed by atoms with van der Waals surface area (Å²) in [4.78, 5) is 0. The Hall–Kier alpha value is -0.650. The maximum atomic E-state index is 12.0. The lowest BCUT2D eigenvalue weighted by atomic mass is 10.4. The summed E-state index contributed by atoms with van der Waals surface area (Å²) in [7, 11) is 0. The molecule has 0 saturated heterocycles. The Kier molecular flexibility index (Phi) is 2.12. The molecule has 0 aromatic carbocycles. The van der Waals surface area contributed by atoms with Crippen molar-refractivity contribution in [2.24, 2.45) is 0 Å². The van der Waals surface area contributed by atoms with Gasteiger partial charge in [-0.05, 0) is 6.26 Å². The highest BCUT2D eigenvalue weighted by Crippen LogP contribution is 2.34. The number of alkyl halides is 3. The lowest BCUT2D eigenvalue weighted by Crippen LogP contribution is -2.04. The van der Waals surface area contributed by atoms with Crippen LogP contribution in [-0.4, -0.2) is 16.5 Å². The van der Waals surface area contributed by atoms with Gasteiger partial charge in [-0.3, -0.25) is 5.10 Å². The molecule has 1 heterocycles. The molecule has 0 aliphatic rings. The summed E-state index contributed by atoms with van der Waals surface area (Å²) in [6.45, 7) is 0. The molecule has 0 fully saturated rings. The molecular weight excluding hydrogens is 177 g/mol. The highest BCUT2D eigenvalue weighted by molar-refractivity contribution is 7.98. The van der Waals surface area contributed by atoms with Gasteiger partial charge in [0, 0.05) is 0 Å². The number of halogens is 3. The fourth-order valence-corrected chi connectivity index (χ4v) is 1.16. The van der Waals surface area contributed by atoms with E-state index in [1.54, 1.807) is 6.26 Å². The largest absolute Gasteiger partial charge is 0.420 e. The molecule has 0 saturated carbocycles. The van der Waals surface area contributed by atoms with Crippen LogP contribution in [0, 0.1) is 0 Å². The van der Waals surface area contributed by atoms with Crippen LogP contribution >= 0.6 is 11.8 Å². The highest BCUT2D eigenvalue weighted by Gasteiger charge is 2.34. The second kappa shape index (κ2) is 2.77.